The van der Waals surface area contributed by atoms with Gasteiger partial charge in [0, 0.05) is 16.1 Å². The summed E-state index contributed by atoms with van der Waals surface area (Å²) in [6.45, 7) is 1.58. The fourth-order valence-corrected chi connectivity index (χ4v) is 4.11. The summed E-state index contributed by atoms with van der Waals surface area (Å²) in [5.74, 6) is -0.662. The Kier molecular flexibility index (Phi) is 4.79. The lowest BCUT2D eigenvalue weighted by molar-refractivity contribution is 0.1000. The second-order valence-corrected chi connectivity index (χ2v) is 7.32. The quantitative estimate of drug-likeness (QED) is 0.729. The van der Waals surface area contributed by atoms with Gasteiger partial charge < -0.3 is 11.1 Å². The Morgan fingerprint density at radius 2 is 1.95 bits per heavy atom. The van der Waals surface area contributed by atoms with E-state index in [1.165, 1.54) is 18.2 Å². The number of piperidine rings is 1. The molecule has 1 amide bonds. The number of primary amides is 1. The molecule has 1 aliphatic rings. The zero-order valence-electron chi connectivity index (χ0n) is 10.7. The van der Waals surface area contributed by atoms with Crippen molar-refractivity contribution in [2.45, 2.75) is 23.8 Å². The van der Waals surface area contributed by atoms with E-state index >= 15 is 0 Å². The van der Waals surface area contributed by atoms with Crippen molar-refractivity contribution in [3.63, 3.8) is 0 Å². The van der Waals surface area contributed by atoms with E-state index in [0.717, 1.165) is 25.9 Å². The Hall–Kier alpha value is -0.960. The van der Waals surface area contributed by atoms with E-state index in [-0.39, 0.29) is 16.5 Å². The summed E-state index contributed by atoms with van der Waals surface area (Å²) in [7, 11) is -3.65. The summed E-state index contributed by atoms with van der Waals surface area (Å²) in [6.07, 6.45) is 1.49. The minimum Gasteiger partial charge on any atom is -0.366 e. The monoisotopic (exact) mass is 361 g/mol. The average Bonchev–Trinajstić information content (AvgIpc) is 2.38. The van der Waals surface area contributed by atoms with Gasteiger partial charge in [0.05, 0.1) is 4.90 Å². The first kappa shape index (κ1) is 15.4. The summed E-state index contributed by atoms with van der Waals surface area (Å²) in [4.78, 5) is 11.2. The minimum atomic E-state index is -3.65. The molecule has 1 heterocycles. The van der Waals surface area contributed by atoms with Crippen molar-refractivity contribution in [1.82, 2.24) is 10.0 Å². The van der Waals surface area contributed by atoms with E-state index in [1.54, 1.807) is 0 Å². The van der Waals surface area contributed by atoms with Crippen molar-refractivity contribution in [3.8, 4) is 0 Å². The largest absolute Gasteiger partial charge is 0.366 e. The lowest BCUT2D eigenvalue weighted by atomic mass is 10.1. The van der Waals surface area contributed by atoms with Crippen LogP contribution in [0.2, 0.25) is 0 Å². The lowest BCUT2D eigenvalue weighted by Gasteiger charge is -2.23. The normalized spacial score (nSPS) is 17.1. The van der Waals surface area contributed by atoms with Crippen LogP contribution >= 0.6 is 15.9 Å². The van der Waals surface area contributed by atoms with E-state index < -0.39 is 15.9 Å². The fourth-order valence-electron chi connectivity index (χ4n) is 2.09. The second kappa shape index (κ2) is 6.21. The number of nitrogens with one attached hydrogen (secondary N) is 2. The lowest BCUT2D eigenvalue weighted by Crippen LogP contribution is -2.42. The molecule has 0 spiro atoms. The van der Waals surface area contributed by atoms with Crippen molar-refractivity contribution >= 4 is 31.9 Å². The number of nitrogens with two attached hydrogens (primary N) is 1. The molecule has 0 saturated carbocycles. The van der Waals surface area contributed by atoms with Gasteiger partial charge in [-0.2, -0.15) is 0 Å². The molecule has 1 fully saturated rings. The van der Waals surface area contributed by atoms with Crippen molar-refractivity contribution in [1.29, 1.82) is 0 Å². The Bertz CT molecular complexity index is 612. The number of hydrogen-bond acceptors (Lipinski definition) is 4. The first-order valence-corrected chi connectivity index (χ1v) is 8.49. The molecule has 1 aromatic carbocycles. The van der Waals surface area contributed by atoms with Gasteiger partial charge in [0.1, 0.15) is 0 Å². The number of benzene rings is 1. The predicted molar refractivity (Wildman–Crippen MR) is 78.9 cm³/mol. The van der Waals surface area contributed by atoms with Gasteiger partial charge in [-0.05, 0) is 44.1 Å². The fraction of sp³-hybridized carbons (Fsp3) is 0.417. The second-order valence-electron chi connectivity index (χ2n) is 4.69. The smallest absolute Gasteiger partial charge is 0.248 e. The van der Waals surface area contributed by atoms with Crippen molar-refractivity contribution in [3.05, 3.63) is 28.2 Å². The van der Waals surface area contributed by atoms with Gasteiger partial charge in [-0.3, -0.25) is 4.79 Å². The van der Waals surface area contributed by atoms with E-state index in [0.29, 0.717) is 4.47 Å². The maximum atomic E-state index is 12.3. The van der Waals surface area contributed by atoms with Crippen LogP contribution in [0.4, 0.5) is 0 Å². The Morgan fingerprint density at radius 3 is 2.55 bits per heavy atom. The SMILES string of the molecule is NC(=O)c1cc(Br)cc(S(=O)(=O)NC2CCNCC2)c1. The molecule has 1 aliphatic heterocycles. The number of carbonyl (C=O) groups excluding carboxylic acids is 1. The first-order valence-electron chi connectivity index (χ1n) is 6.22. The van der Waals surface area contributed by atoms with Gasteiger partial charge in [0.25, 0.3) is 0 Å². The molecule has 1 saturated heterocycles. The van der Waals surface area contributed by atoms with E-state index in [1.807, 2.05) is 0 Å². The van der Waals surface area contributed by atoms with Gasteiger partial charge in [-0.25, -0.2) is 13.1 Å². The van der Waals surface area contributed by atoms with Gasteiger partial charge in [-0.1, -0.05) is 15.9 Å². The highest BCUT2D eigenvalue weighted by molar-refractivity contribution is 9.10. The molecular formula is C12H16BrN3O3S. The molecule has 0 bridgehead atoms. The van der Waals surface area contributed by atoms with Crippen molar-refractivity contribution < 1.29 is 13.2 Å². The Morgan fingerprint density at radius 1 is 1.30 bits per heavy atom. The molecule has 6 nitrogen and oxygen atoms in total. The van der Waals surface area contributed by atoms with Gasteiger partial charge in [-0.15, -0.1) is 0 Å². The molecule has 110 valence electrons. The van der Waals surface area contributed by atoms with Crippen LogP contribution in [-0.2, 0) is 10.0 Å². The summed E-state index contributed by atoms with van der Waals surface area (Å²) in [5, 5.41) is 3.17. The number of carbonyl (C=O) groups is 1. The summed E-state index contributed by atoms with van der Waals surface area (Å²) < 4.78 is 27.8. The van der Waals surface area contributed by atoms with Gasteiger partial charge in [0.15, 0.2) is 0 Å². The highest BCUT2D eigenvalue weighted by atomic mass is 79.9. The summed E-state index contributed by atoms with van der Waals surface area (Å²) >= 11 is 3.19. The molecule has 0 atom stereocenters. The van der Waals surface area contributed by atoms with Crippen LogP contribution in [-0.4, -0.2) is 33.5 Å². The number of hydrogen-bond donors (Lipinski definition) is 3. The zero-order chi connectivity index (χ0) is 14.8. The standard InChI is InChI=1S/C12H16BrN3O3S/c13-9-5-8(12(14)17)6-11(7-9)20(18,19)16-10-1-3-15-4-2-10/h5-7,10,15-16H,1-4H2,(H2,14,17). The van der Waals surface area contributed by atoms with Crippen LogP contribution in [0.15, 0.2) is 27.6 Å². The molecule has 8 heteroatoms. The topological polar surface area (TPSA) is 101 Å². The predicted octanol–water partition coefficient (Wildman–Crippen LogP) is 0.578. The van der Waals surface area contributed by atoms with Crippen molar-refractivity contribution in [2.75, 3.05) is 13.1 Å². The van der Waals surface area contributed by atoms with Gasteiger partial charge in [0.2, 0.25) is 15.9 Å². The van der Waals surface area contributed by atoms with Crippen LogP contribution in [0.25, 0.3) is 0 Å². The first-order chi connectivity index (χ1) is 9.38. The van der Waals surface area contributed by atoms with Gasteiger partial charge >= 0.3 is 0 Å². The highest BCUT2D eigenvalue weighted by Crippen LogP contribution is 2.20. The van der Waals surface area contributed by atoms with Crippen LogP contribution in [0.3, 0.4) is 0 Å². The maximum Gasteiger partial charge on any atom is 0.248 e. The van der Waals surface area contributed by atoms with Crippen LogP contribution in [0, 0.1) is 0 Å². The third-order valence-corrected chi connectivity index (χ3v) is 5.08. The molecule has 4 N–H and O–H groups in total. The Balaban J connectivity index is 2.26. The number of halogens is 1. The molecule has 2 rings (SSSR count). The molecular weight excluding hydrogens is 346 g/mol. The van der Waals surface area contributed by atoms with Crippen molar-refractivity contribution in [2.24, 2.45) is 5.73 Å². The molecule has 0 aliphatic carbocycles. The molecule has 0 radical (unpaired) electrons. The third-order valence-electron chi connectivity index (χ3n) is 3.13. The molecule has 20 heavy (non-hydrogen) atoms. The molecule has 1 aromatic rings. The summed E-state index contributed by atoms with van der Waals surface area (Å²) in [6, 6.07) is 4.15. The van der Waals surface area contributed by atoms with E-state index in [9.17, 15) is 13.2 Å². The van der Waals surface area contributed by atoms with Crippen LogP contribution in [0.1, 0.15) is 23.2 Å². The third kappa shape index (κ3) is 3.78. The highest BCUT2D eigenvalue weighted by Gasteiger charge is 2.22. The van der Waals surface area contributed by atoms with Crippen LogP contribution < -0.4 is 15.8 Å². The number of sulfonamides is 1. The number of amides is 1. The van der Waals surface area contributed by atoms with E-state index in [2.05, 4.69) is 26.0 Å². The molecule has 0 aromatic heterocycles. The number of rotatable bonds is 4. The zero-order valence-corrected chi connectivity index (χ0v) is 13.1. The Labute approximate surface area is 126 Å². The molecule has 0 unspecified atom stereocenters. The van der Waals surface area contributed by atoms with Crippen LogP contribution in [0.5, 0.6) is 0 Å². The maximum absolute atomic E-state index is 12.3. The summed E-state index contributed by atoms with van der Waals surface area (Å²) in [5.41, 5.74) is 5.35. The minimum absolute atomic E-state index is 0.0409. The van der Waals surface area contributed by atoms with E-state index in [4.69, 9.17) is 5.73 Å². The average molecular weight is 362 g/mol.